The van der Waals surface area contributed by atoms with Crippen LogP contribution in [0, 0.1) is 5.82 Å². The second-order valence-electron chi connectivity index (χ2n) is 6.25. The van der Waals surface area contributed by atoms with Gasteiger partial charge in [0.15, 0.2) is 5.69 Å². The molecule has 0 aliphatic heterocycles. The fourth-order valence-electron chi connectivity index (χ4n) is 3.05. The molecule has 3 aromatic rings. The summed E-state index contributed by atoms with van der Waals surface area (Å²) in [5.74, 6) is 0.231. The van der Waals surface area contributed by atoms with Crippen molar-refractivity contribution < 1.29 is 13.7 Å². The number of carbonyl (C=O) groups excluding carboxylic acids is 1. The van der Waals surface area contributed by atoms with E-state index in [-0.39, 0.29) is 11.7 Å². The van der Waals surface area contributed by atoms with E-state index in [0.717, 1.165) is 54.0 Å². The van der Waals surface area contributed by atoms with Gasteiger partial charge in [-0.3, -0.25) is 10.1 Å². The maximum absolute atomic E-state index is 13.0. The number of nitrogens with zero attached hydrogens (tertiary/aromatic N) is 3. The predicted octanol–water partition coefficient (Wildman–Crippen LogP) is 3.78. The lowest BCUT2D eigenvalue weighted by atomic mass is 10.1. The molecule has 0 radical (unpaired) electrons. The maximum atomic E-state index is 13.0. The first-order valence-corrected chi connectivity index (χ1v) is 9.36. The fourth-order valence-corrected chi connectivity index (χ4v) is 3.82. The molecule has 0 saturated carbocycles. The van der Waals surface area contributed by atoms with Gasteiger partial charge in [-0.2, -0.15) is 0 Å². The Bertz CT molecular complexity index is 920. The van der Waals surface area contributed by atoms with Gasteiger partial charge in [0.2, 0.25) is 5.13 Å². The SMILES string of the molecule is O=C(Nc1nnc(Cc2ccc(F)cc2)s1)c1noc2c1CCCCC2. The molecule has 0 saturated heterocycles. The van der Waals surface area contributed by atoms with Crippen LogP contribution in [0.25, 0.3) is 0 Å². The van der Waals surface area contributed by atoms with Gasteiger partial charge in [0.05, 0.1) is 0 Å². The Morgan fingerprint density at radius 1 is 1.15 bits per heavy atom. The van der Waals surface area contributed by atoms with E-state index >= 15 is 0 Å². The topological polar surface area (TPSA) is 80.9 Å². The van der Waals surface area contributed by atoms with Gasteiger partial charge in [0.1, 0.15) is 16.6 Å². The number of aromatic nitrogens is 3. The highest BCUT2D eigenvalue weighted by molar-refractivity contribution is 7.15. The van der Waals surface area contributed by atoms with Crippen LogP contribution in [-0.2, 0) is 19.3 Å². The zero-order valence-corrected chi connectivity index (χ0v) is 14.8. The van der Waals surface area contributed by atoms with Crippen LogP contribution in [-0.4, -0.2) is 21.3 Å². The van der Waals surface area contributed by atoms with Gasteiger partial charge in [-0.25, -0.2) is 4.39 Å². The number of aryl methyl sites for hydroxylation is 1. The number of anilines is 1. The van der Waals surface area contributed by atoms with Crippen molar-refractivity contribution in [2.24, 2.45) is 0 Å². The number of fused-ring (bicyclic) bond motifs is 1. The molecule has 1 amide bonds. The van der Waals surface area contributed by atoms with E-state index < -0.39 is 0 Å². The molecular formula is C18H17FN4O2S. The minimum atomic E-state index is -0.318. The molecule has 1 aliphatic rings. The minimum absolute atomic E-state index is 0.272. The molecule has 0 unspecified atom stereocenters. The summed E-state index contributed by atoms with van der Waals surface area (Å²) in [7, 11) is 0. The number of rotatable bonds is 4. The molecule has 26 heavy (non-hydrogen) atoms. The molecule has 1 aromatic carbocycles. The number of amides is 1. The molecule has 0 atom stereocenters. The third kappa shape index (κ3) is 3.65. The first-order chi connectivity index (χ1) is 12.7. The zero-order valence-electron chi connectivity index (χ0n) is 14.0. The van der Waals surface area contributed by atoms with E-state index in [1.165, 1.54) is 23.5 Å². The quantitative estimate of drug-likeness (QED) is 0.705. The number of nitrogens with one attached hydrogen (secondary N) is 1. The Labute approximate surface area is 153 Å². The van der Waals surface area contributed by atoms with E-state index in [0.29, 0.717) is 17.2 Å². The highest BCUT2D eigenvalue weighted by atomic mass is 32.1. The molecule has 1 aliphatic carbocycles. The number of carbonyl (C=O) groups is 1. The van der Waals surface area contributed by atoms with Crippen molar-refractivity contribution in [2.45, 2.75) is 38.5 Å². The summed E-state index contributed by atoms with van der Waals surface area (Å²) in [5.41, 5.74) is 2.19. The summed E-state index contributed by atoms with van der Waals surface area (Å²) >= 11 is 1.29. The summed E-state index contributed by atoms with van der Waals surface area (Å²) in [6.07, 6.45) is 5.41. The smallest absolute Gasteiger partial charge is 0.279 e. The molecule has 0 fully saturated rings. The lowest BCUT2D eigenvalue weighted by molar-refractivity contribution is 0.101. The van der Waals surface area contributed by atoms with Crippen molar-refractivity contribution >= 4 is 22.4 Å². The van der Waals surface area contributed by atoms with Gasteiger partial charge in [-0.15, -0.1) is 10.2 Å². The highest BCUT2D eigenvalue weighted by Gasteiger charge is 2.23. The third-order valence-corrected chi connectivity index (χ3v) is 5.21. The van der Waals surface area contributed by atoms with Crippen LogP contribution in [0.1, 0.15) is 51.6 Å². The van der Waals surface area contributed by atoms with E-state index in [1.807, 2.05) is 0 Å². The minimum Gasteiger partial charge on any atom is -0.360 e. The Kier molecular flexibility index (Phi) is 4.75. The van der Waals surface area contributed by atoms with Crippen LogP contribution in [0.3, 0.4) is 0 Å². The second kappa shape index (κ2) is 7.33. The molecule has 2 heterocycles. The normalized spacial score (nSPS) is 13.9. The van der Waals surface area contributed by atoms with Gasteiger partial charge < -0.3 is 4.52 Å². The molecule has 8 heteroatoms. The fraction of sp³-hybridized carbons (Fsp3) is 0.333. The lowest BCUT2D eigenvalue weighted by Gasteiger charge is -2.00. The van der Waals surface area contributed by atoms with Crippen LogP contribution in [0.4, 0.5) is 9.52 Å². The molecule has 4 rings (SSSR count). The number of benzene rings is 1. The van der Waals surface area contributed by atoms with Gasteiger partial charge in [-0.05, 0) is 37.0 Å². The maximum Gasteiger partial charge on any atom is 0.279 e. The summed E-state index contributed by atoms with van der Waals surface area (Å²) in [4.78, 5) is 12.5. The third-order valence-electron chi connectivity index (χ3n) is 4.37. The van der Waals surface area contributed by atoms with Gasteiger partial charge >= 0.3 is 0 Å². The standard InChI is InChI=1S/C18H17FN4O2S/c19-12-8-6-11(7-9-12)10-15-21-22-18(26-15)20-17(24)16-13-4-2-1-3-5-14(13)25-23-16/h6-9H,1-5,10H2,(H,20,22,24). The summed E-state index contributed by atoms with van der Waals surface area (Å²) < 4.78 is 18.3. The van der Waals surface area contributed by atoms with Crippen molar-refractivity contribution in [2.75, 3.05) is 5.32 Å². The molecular weight excluding hydrogens is 355 g/mol. The first-order valence-electron chi connectivity index (χ1n) is 8.54. The second-order valence-corrected chi connectivity index (χ2v) is 7.31. The van der Waals surface area contributed by atoms with Gasteiger partial charge in [0, 0.05) is 18.4 Å². The largest absolute Gasteiger partial charge is 0.360 e. The van der Waals surface area contributed by atoms with Gasteiger partial charge in [0.25, 0.3) is 5.91 Å². The highest BCUT2D eigenvalue weighted by Crippen LogP contribution is 2.25. The average molecular weight is 372 g/mol. The van der Waals surface area contributed by atoms with Crippen LogP contribution >= 0.6 is 11.3 Å². The molecule has 134 valence electrons. The molecule has 2 aromatic heterocycles. The lowest BCUT2D eigenvalue weighted by Crippen LogP contribution is -2.14. The predicted molar refractivity (Wildman–Crippen MR) is 94.8 cm³/mol. The Morgan fingerprint density at radius 3 is 2.81 bits per heavy atom. The number of hydrogen-bond acceptors (Lipinski definition) is 6. The average Bonchev–Trinajstić information content (AvgIpc) is 3.17. The van der Waals surface area contributed by atoms with Crippen LogP contribution in [0.2, 0.25) is 0 Å². The van der Waals surface area contributed by atoms with Crippen molar-refractivity contribution in [3.8, 4) is 0 Å². The first kappa shape index (κ1) is 16.8. The van der Waals surface area contributed by atoms with Crippen LogP contribution in [0.15, 0.2) is 28.8 Å². The molecule has 0 spiro atoms. The van der Waals surface area contributed by atoms with Crippen LogP contribution < -0.4 is 5.32 Å². The van der Waals surface area contributed by atoms with Crippen molar-refractivity contribution in [3.05, 3.63) is 57.7 Å². The van der Waals surface area contributed by atoms with E-state index in [2.05, 4.69) is 20.7 Å². The summed E-state index contributed by atoms with van der Waals surface area (Å²) in [6, 6.07) is 6.24. The van der Waals surface area contributed by atoms with E-state index in [4.69, 9.17) is 4.52 Å². The van der Waals surface area contributed by atoms with Gasteiger partial charge in [-0.1, -0.05) is 35.0 Å². The van der Waals surface area contributed by atoms with Crippen molar-refractivity contribution in [1.82, 2.24) is 15.4 Å². The number of halogens is 1. The molecule has 1 N–H and O–H groups in total. The monoisotopic (exact) mass is 372 g/mol. The van der Waals surface area contributed by atoms with Crippen molar-refractivity contribution in [3.63, 3.8) is 0 Å². The zero-order chi connectivity index (χ0) is 17.9. The van der Waals surface area contributed by atoms with E-state index in [1.54, 1.807) is 12.1 Å². The van der Waals surface area contributed by atoms with E-state index in [9.17, 15) is 9.18 Å². The Balaban J connectivity index is 1.45. The Morgan fingerprint density at radius 2 is 1.96 bits per heavy atom. The van der Waals surface area contributed by atoms with Crippen LogP contribution in [0.5, 0.6) is 0 Å². The summed E-state index contributed by atoms with van der Waals surface area (Å²) in [6.45, 7) is 0. The number of hydrogen-bond donors (Lipinski definition) is 1. The molecule has 0 bridgehead atoms. The van der Waals surface area contributed by atoms with Crippen molar-refractivity contribution in [1.29, 1.82) is 0 Å². The molecule has 6 nitrogen and oxygen atoms in total. The Hall–Kier alpha value is -2.61. The summed E-state index contributed by atoms with van der Waals surface area (Å²) in [5, 5.41) is 16.0.